The molecule has 0 unspecified atom stereocenters. The van der Waals surface area contributed by atoms with E-state index in [1.54, 1.807) is 12.1 Å². The molecule has 1 aromatic heterocycles. The summed E-state index contributed by atoms with van der Waals surface area (Å²) in [7, 11) is 0. The molecule has 19 heavy (non-hydrogen) atoms. The van der Waals surface area contributed by atoms with Crippen molar-refractivity contribution in [2.24, 2.45) is 0 Å². The number of benzene rings is 1. The largest absolute Gasteiger partial charge is 0.451 e. The van der Waals surface area contributed by atoms with Crippen LogP contribution in [0.3, 0.4) is 0 Å². The van der Waals surface area contributed by atoms with E-state index in [0.29, 0.717) is 5.02 Å². The number of hydrogen-bond acceptors (Lipinski definition) is 3. The summed E-state index contributed by atoms with van der Waals surface area (Å²) in [6, 6.07) is 7.23. The third-order valence-electron chi connectivity index (χ3n) is 1.94. The quantitative estimate of drug-likeness (QED) is 0.761. The number of halogens is 5. The van der Waals surface area contributed by atoms with Crippen LogP contribution in [0.15, 0.2) is 30.3 Å². The maximum Gasteiger partial charge on any atom is 0.451 e. The lowest BCUT2D eigenvalue weighted by Crippen LogP contribution is -2.11. The Kier molecular flexibility index (Phi) is 3.82. The maximum absolute atomic E-state index is 12.5. The summed E-state index contributed by atoms with van der Waals surface area (Å²) < 4.78 is 42.6. The van der Waals surface area contributed by atoms with Crippen LogP contribution in [-0.4, -0.2) is 9.97 Å². The molecule has 0 saturated heterocycles. The van der Waals surface area contributed by atoms with E-state index in [0.717, 1.165) is 6.07 Å². The summed E-state index contributed by atoms with van der Waals surface area (Å²) in [4.78, 5) is 6.33. The van der Waals surface area contributed by atoms with Crippen molar-refractivity contribution in [1.82, 2.24) is 9.97 Å². The van der Waals surface area contributed by atoms with Crippen LogP contribution >= 0.6 is 23.2 Å². The van der Waals surface area contributed by atoms with Crippen LogP contribution in [0.2, 0.25) is 10.2 Å². The second kappa shape index (κ2) is 5.22. The predicted molar refractivity (Wildman–Crippen MR) is 63.6 cm³/mol. The minimum Gasteiger partial charge on any atom is -0.439 e. The van der Waals surface area contributed by atoms with Crippen molar-refractivity contribution in [3.8, 4) is 11.6 Å². The van der Waals surface area contributed by atoms with Gasteiger partial charge in [-0.25, -0.2) is 4.98 Å². The zero-order valence-electron chi connectivity index (χ0n) is 9.08. The molecule has 3 nitrogen and oxygen atoms in total. The maximum atomic E-state index is 12.5. The van der Waals surface area contributed by atoms with Crippen molar-refractivity contribution in [2.75, 3.05) is 0 Å². The number of hydrogen-bond donors (Lipinski definition) is 0. The SMILES string of the molecule is FC(F)(F)c1nc(Cl)cc(Oc2cccc(Cl)c2)n1. The van der Waals surface area contributed by atoms with Crippen molar-refractivity contribution in [3.63, 3.8) is 0 Å². The highest BCUT2D eigenvalue weighted by Crippen LogP contribution is 2.30. The van der Waals surface area contributed by atoms with Crippen molar-refractivity contribution < 1.29 is 17.9 Å². The van der Waals surface area contributed by atoms with Gasteiger partial charge in [0.05, 0.1) is 0 Å². The highest BCUT2D eigenvalue weighted by atomic mass is 35.5. The van der Waals surface area contributed by atoms with Crippen molar-refractivity contribution in [2.45, 2.75) is 6.18 Å². The van der Waals surface area contributed by atoms with Crippen molar-refractivity contribution >= 4 is 23.2 Å². The van der Waals surface area contributed by atoms with Gasteiger partial charge in [0.15, 0.2) is 0 Å². The molecule has 0 fully saturated rings. The molecule has 0 aliphatic rings. The average molecular weight is 309 g/mol. The average Bonchev–Trinajstić information content (AvgIpc) is 2.26. The molecule has 1 heterocycles. The minimum atomic E-state index is -4.70. The Morgan fingerprint density at radius 2 is 1.79 bits per heavy atom. The lowest BCUT2D eigenvalue weighted by molar-refractivity contribution is -0.145. The van der Waals surface area contributed by atoms with Crippen LogP contribution in [0.25, 0.3) is 0 Å². The van der Waals surface area contributed by atoms with Gasteiger partial charge in [-0.2, -0.15) is 18.2 Å². The fourth-order valence-corrected chi connectivity index (χ4v) is 1.58. The molecule has 2 rings (SSSR count). The summed E-state index contributed by atoms with van der Waals surface area (Å²) >= 11 is 11.2. The molecule has 0 radical (unpaired) electrons. The topological polar surface area (TPSA) is 35.0 Å². The van der Waals surface area contributed by atoms with E-state index >= 15 is 0 Å². The minimum absolute atomic E-state index is 0.246. The van der Waals surface area contributed by atoms with E-state index in [9.17, 15) is 13.2 Å². The number of alkyl halides is 3. The van der Waals surface area contributed by atoms with Crippen LogP contribution in [-0.2, 0) is 6.18 Å². The first kappa shape index (κ1) is 13.9. The highest BCUT2D eigenvalue weighted by molar-refractivity contribution is 6.30. The monoisotopic (exact) mass is 308 g/mol. The number of ether oxygens (including phenoxy) is 1. The molecule has 0 spiro atoms. The molecule has 0 bridgehead atoms. The molecule has 100 valence electrons. The second-order valence-corrected chi connectivity index (χ2v) is 4.23. The van der Waals surface area contributed by atoms with Gasteiger partial charge in [-0.05, 0) is 18.2 Å². The molecule has 1 aromatic carbocycles. The molecule has 2 aromatic rings. The van der Waals surface area contributed by atoms with Gasteiger partial charge in [-0.3, -0.25) is 0 Å². The van der Waals surface area contributed by atoms with Gasteiger partial charge in [0, 0.05) is 11.1 Å². The molecule has 0 N–H and O–H groups in total. The number of rotatable bonds is 2. The Morgan fingerprint density at radius 3 is 2.42 bits per heavy atom. The van der Waals surface area contributed by atoms with Gasteiger partial charge in [0.25, 0.3) is 0 Å². The zero-order chi connectivity index (χ0) is 14.0. The first-order chi connectivity index (χ1) is 8.84. The van der Waals surface area contributed by atoms with E-state index in [1.165, 1.54) is 12.1 Å². The van der Waals surface area contributed by atoms with Crippen molar-refractivity contribution in [1.29, 1.82) is 0 Å². The van der Waals surface area contributed by atoms with Gasteiger partial charge in [0.1, 0.15) is 10.9 Å². The van der Waals surface area contributed by atoms with E-state index in [1.807, 2.05) is 0 Å². The Morgan fingerprint density at radius 1 is 1.05 bits per heavy atom. The predicted octanol–water partition coefficient (Wildman–Crippen LogP) is 4.59. The molecule has 0 amide bonds. The highest BCUT2D eigenvalue weighted by Gasteiger charge is 2.35. The Balaban J connectivity index is 2.33. The lowest BCUT2D eigenvalue weighted by Gasteiger charge is -2.09. The molecule has 0 aliphatic heterocycles. The Hall–Kier alpha value is -1.53. The van der Waals surface area contributed by atoms with E-state index in [-0.39, 0.29) is 16.8 Å². The van der Waals surface area contributed by atoms with Crippen LogP contribution < -0.4 is 4.74 Å². The summed E-state index contributed by atoms with van der Waals surface area (Å²) in [6.45, 7) is 0. The van der Waals surface area contributed by atoms with Gasteiger partial charge in [-0.1, -0.05) is 29.3 Å². The van der Waals surface area contributed by atoms with Crippen LogP contribution in [0.1, 0.15) is 5.82 Å². The summed E-state index contributed by atoms with van der Waals surface area (Å²) in [5.41, 5.74) is 0. The lowest BCUT2D eigenvalue weighted by atomic mass is 10.3. The van der Waals surface area contributed by atoms with Gasteiger partial charge < -0.3 is 4.74 Å². The Bertz CT molecular complexity index is 605. The fourth-order valence-electron chi connectivity index (χ4n) is 1.23. The van der Waals surface area contributed by atoms with Gasteiger partial charge >= 0.3 is 6.18 Å². The zero-order valence-corrected chi connectivity index (χ0v) is 10.6. The normalized spacial score (nSPS) is 11.4. The first-order valence-electron chi connectivity index (χ1n) is 4.90. The molecule has 0 saturated carbocycles. The first-order valence-corrected chi connectivity index (χ1v) is 5.65. The number of nitrogens with zero attached hydrogens (tertiary/aromatic N) is 2. The van der Waals surface area contributed by atoms with Gasteiger partial charge in [-0.15, -0.1) is 0 Å². The smallest absolute Gasteiger partial charge is 0.439 e. The molecule has 8 heteroatoms. The van der Waals surface area contributed by atoms with Crippen LogP contribution in [0, 0.1) is 0 Å². The van der Waals surface area contributed by atoms with Gasteiger partial charge in [0.2, 0.25) is 11.7 Å². The van der Waals surface area contributed by atoms with E-state index < -0.39 is 12.0 Å². The van der Waals surface area contributed by atoms with E-state index in [4.69, 9.17) is 27.9 Å². The summed E-state index contributed by atoms with van der Waals surface area (Å²) in [5, 5.41) is 0.0213. The van der Waals surface area contributed by atoms with Crippen LogP contribution in [0.5, 0.6) is 11.6 Å². The summed E-state index contributed by atoms with van der Waals surface area (Å²) in [5.74, 6) is -1.43. The molecular formula is C11H5Cl2F3N2O. The second-order valence-electron chi connectivity index (χ2n) is 3.41. The summed E-state index contributed by atoms with van der Waals surface area (Å²) in [6.07, 6.45) is -4.70. The molecule has 0 atom stereocenters. The van der Waals surface area contributed by atoms with Crippen LogP contribution in [0.4, 0.5) is 13.2 Å². The van der Waals surface area contributed by atoms with E-state index in [2.05, 4.69) is 9.97 Å². The van der Waals surface area contributed by atoms with Crippen molar-refractivity contribution in [3.05, 3.63) is 46.3 Å². The molecular weight excluding hydrogens is 304 g/mol. The third-order valence-corrected chi connectivity index (χ3v) is 2.37. The Labute approximate surface area is 116 Å². The fraction of sp³-hybridized carbons (Fsp3) is 0.0909. The number of aromatic nitrogens is 2. The standard InChI is InChI=1S/C11H5Cl2F3N2O/c12-6-2-1-3-7(4-6)19-9-5-8(13)17-10(18-9)11(14,15)16/h1-5H. The molecule has 0 aliphatic carbocycles. The third kappa shape index (κ3) is 3.71.